The lowest BCUT2D eigenvalue weighted by atomic mass is 10.1. The Labute approximate surface area is 57.2 Å². The summed E-state index contributed by atoms with van der Waals surface area (Å²) in [6.45, 7) is 4.11. The first kappa shape index (κ1) is 7.03. The van der Waals surface area contributed by atoms with E-state index in [1.165, 1.54) is 26.1 Å². The van der Waals surface area contributed by atoms with Crippen molar-refractivity contribution in [2.75, 3.05) is 33.7 Å². The Morgan fingerprint density at radius 1 is 1.67 bits per heavy atom. The third-order valence-electron chi connectivity index (χ3n) is 2.19. The summed E-state index contributed by atoms with van der Waals surface area (Å²) in [6, 6.07) is 0. The van der Waals surface area contributed by atoms with Crippen molar-refractivity contribution in [2.45, 2.75) is 6.42 Å². The van der Waals surface area contributed by atoms with Crippen molar-refractivity contribution in [3.05, 3.63) is 0 Å². The molecule has 0 bridgehead atoms. The predicted molar refractivity (Wildman–Crippen MR) is 37.4 cm³/mol. The summed E-state index contributed by atoms with van der Waals surface area (Å²) in [4.78, 5) is 1.71. The van der Waals surface area contributed by atoms with Crippen LogP contribution >= 0.6 is 0 Å². The molecule has 1 unspecified atom stereocenters. The van der Waals surface area contributed by atoms with Gasteiger partial charge in [0, 0.05) is 6.42 Å². The van der Waals surface area contributed by atoms with E-state index >= 15 is 0 Å². The van der Waals surface area contributed by atoms with E-state index in [2.05, 4.69) is 19.4 Å². The van der Waals surface area contributed by atoms with Crippen LogP contribution in [0.1, 0.15) is 6.42 Å². The molecule has 0 amide bonds. The second kappa shape index (κ2) is 3.18. The lowest BCUT2D eigenvalue weighted by molar-refractivity contribution is -0.868. The van der Waals surface area contributed by atoms with Crippen LogP contribution in [0.2, 0.25) is 0 Å². The molecule has 0 saturated carbocycles. The van der Waals surface area contributed by atoms with Crippen molar-refractivity contribution in [1.29, 1.82) is 0 Å². The van der Waals surface area contributed by atoms with E-state index in [0.29, 0.717) is 0 Å². The number of nitrogens with one attached hydrogen (secondary N) is 1. The van der Waals surface area contributed by atoms with Gasteiger partial charge in [-0.3, -0.25) is 0 Å². The van der Waals surface area contributed by atoms with E-state index < -0.39 is 0 Å². The maximum Gasteiger partial charge on any atom is 0.0854 e. The summed E-state index contributed by atoms with van der Waals surface area (Å²) in [7, 11) is 4.45. The van der Waals surface area contributed by atoms with Crippen LogP contribution < -0.4 is 10.2 Å². The van der Waals surface area contributed by atoms with Gasteiger partial charge in [0.05, 0.1) is 39.6 Å². The molecule has 0 aliphatic carbocycles. The number of likely N-dealkylation sites (tertiary alicyclic amines) is 1. The average Bonchev–Trinajstić information content (AvgIpc) is 2.17. The summed E-state index contributed by atoms with van der Waals surface area (Å²) in [5.74, 6) is 0.995. The summed E-state index contributed by atoms with van der Waals surface area (Å²) in [5, 5.41) is 2.29. The molecule has 2 heteroatoms. The van der Waals surface area contributed by atoms with Crippen LogP contribution in [0.15, 0.2) is 0 Å². The van der Waals surface area contributed by atoms with E-state index in [-0.39, 0.29) is 0 Å². The van der Waals surface area contributed by atoms with Gasteiger partial charge < -0.3 is 10.2 Å². The highest BCUT2D eigenvalue weighted by Gasteiger charge is 2.23. The molecular formula is C7H18N2+2. The Kier molecular flexibility index (Phi) is 2.49. The van der Waals surface area contributed by atoms with Crippen molar-refractivity contribution in [1.82, 2.24) is 0 Å². The molecule has 9 heavy (non-hydrogen) atoms. The fraction of sp³-hybridized carbons (Fsp3) is 1.00. The third-order valence-corrected chi connectivity index (χ3v) is 2.19. The van der Waals surface area contributed by atoms with Gasteiger partial charge in [-0.15, -0.1) is 0 Å². The van der Waals surface area contributed by atoms with Gasteiger partial charge in [0.2, 0.25) is 0 Å². The molecule has 2 nitrogen and oxygen atoms in total. The number of nitrogens with two attached hydrogens (primary N) is 1. The van der Waals surface area contributed by atoms with Crippen LogP contribution in [0.5, 0.6) is 0 Å². The lowest BCUT2D eigenvalue weighted by Gasteiger charge is -2.03. The first-order valence-corrected chi connectivity index (χ1v) is 3.92. The molecule has 0 aromatic carbocycles. The zero-order valence-electron chi connectivity index (χ0n) is 6.48. The summed E-state index contributed by atoms with van der Waals surface area (Å²) >= 11 is 0. The zero-order valence-corrected chi connectivity index (χ0v) is 6.48. The van der Waals surface area contributed by atoms with E-state index in [4.69, 9.17) is 0 Å². The molecule has 2 atom stereocenters. The van der Waals surface area contributed by atoms with E-state index in [9.17, 15) is 0 Å². The van der Waals surface area contributed by atoms with Crippen LogP contribution in [-0.2, 0) is 0 Å². The van der Waals surface area contributed by atoms with E-state index in [1.54, 1.807) is 4.90 Å². The molecule has 0 aromatic heterocycles. The number of quaternary nitrogens is 2. The van der Waals surface area contributed by atoms with Crippen LogP contribution in [0.3, 0.4) is 0 Å². The normalized spacial score (nSPS) is 35.3. The molecule has 1 fully saturated rings. The fourth-order valence-electron chi connectivity index (χ4n) is 1.68. The quantitative estimate of drug-likeness (QED) is 0.420. The first-order valence-electron chi connectivity index (χ1n) is 3.92. The Morgan fingerprint density at radius 2 is 2.44 bits per heavy atom. The van der Waals surface area contributed by atoms with Gasteiger partial charge in [0.25, 0.3) is 0 Å². The van der Waals surface area contributed by atoms with Gasteiger partial charge in [0.1, 0.15) is 0 Å². The Bertz CT molecular complexity index is 81.0. The highest BCUT2D eigenvalue weighted by Crippen LogP contribution is 1.98. The molecule has 3 N–H and O–H groups in total. The summed E-state index contributed by atoms with van der Waals surface area (Å²) in [6.07, 6.45) is 1.44. The molecule has 1 saturated heterocycles. The zero-order chi connectivity index (χ0) is 6.69. The van der Waals surface area contributed by atoms with Gasteiger partial charge in [-0.25, -0.2) is 0 Å². The Morgan fingerprint density at radius 3 is 2.89 bits per heavy atom. The van der Waals surface area contributed by atoms with E-state index in [0.717, 1.165) is 5.92 Å². The maximum absolute atomic E-state index is 2.29. The van der Waals surface area contributed by atoms with Crippen LogP contribution in [0.4, 0.5) is 0 Å². The van der Waals surface area contributed by atoms with Crippen molar-refractivity contribution < 1.29 is 10.2 Å². The molecule has 1 aliphatic heterocycles. The second-order valence-electron chi connectivity index (χ2n) is 3.21. The van der Waals surface area contributed by atoms with Gasteiger partial charge in [-0.05, 0) is 0 Å². The highest BCUT2D eigenvalue weighted by atomic mass is 15.1. The van der Waals surface area contributed by atoms with Crippen molar-refractivity contribution in [3.63, 3.8) is 0 Å². The topological polar surface area (TPSA) is 21.1 Å². The minimum Gasteiger partial charge on any atom is -0.348 e. The second-order valence-corrected chi connectivity index (χ2v) is 3.21. The average molecular weight is 130 g/mol. The minimum absolute atomic E-state index is 0.995. The smallest absolute Gasteiger partial charge is 0.0854 e. The predicted octanol–water partition coefficient (Wildman–Crippen LogP) is -2.29. The van der Waals surface area contributed by atoms with Gasteiger partial charge in [-0.1, -0.05) is 0 Å². The molecular weight excluding hydrogens is 112 g/mol. The summed E-state index contributed by atoms with van der Waals surface area (Å²) in [5.41, 5.74) is 0. The summed E-state index contributed by atoms with van der Waals surface area (Å²) < 4.78 is 0. The van der Waals surface area contributed by atoms with Crippen LogP contribution in [0.25, 0.3) is 0 Å². The molecule has 0 radical (unpaired) electrons. The van der Waals surface area contributed by atoms with Crippen molar-refractivity contribution in [3.8, 4) is 0 Å². The third kappa shape index (κ3) is 1.95. The maximum atomic E-state index is 2.29. The van der Waals surface area contributed by atoms with Crippen LogP contribution in [-0.4, -0.2) is 33.7 Å². The number of hydrogen-bond donors (Lipinski definition) is 2. The van der Waals surface area contributed by atoms with Crippen LogP contribution in [0, 0.1) is 5.92 Å². The standard InChI is InChI=1S/C7H16N2/c1-8-5-7-3-4-9(2)6-7/h7-8H,3-6H2,1-2H3/p+2/t7-/m0/s1. The Hall–Kier alpha value is -0.0800. The number of hydrogen-bond acceptors (Lipinski definition) is 0. The molecule has 1 rings (SSSR count). The highest BCUT2D eigenvalue weighted by molar-refractivity contribution is 4.58. The molecule has 1 aliphatic rings. The number of rotatable bonds is 2. The van der Waals surface area contributed by atoms with Gasteiger partial charge >= 0.3 is 0 Å². The Balaban J connectivity index is 2.14. The van der Waals surface area contributed by atoms with E-state index in [1.807, 2.05) is 0 Å². The SMILES string of the molecule is C[NH2+]C[C@@H]1CC[NH+](C)C1. The monoisotopic (exact) mass is 130 g/mol. The van der Waals surface area contributed by atoms with Gasteiger partial charge in [-0.2, -0.15) is 0 Å². The molecule has 1 heterocycles. The molecule has 0 spiro atoms. The van der Waals surface area contributed by atoms with Crippen molar-refractivity contribution in [2.24, 2.45) is 5.92 Å². The first-order chi connectivity index (χ1) is 4.33. The molecule has 0 aromatic rings. The fourth-order valence-corrected chi connectivity index (χ4v) is 1.68. The molecule has 54 valence electrons. The lowest BCUT2D eigenvalue weighted by Crippen LogP contribution is -3.07. The minimum atomic E-state index is 0.995. The van der Waals surface area contributed by atoms with Gasteiger partial charge in [0.15, 0.2) is 0 Å². The van der Waals surface area contributed by atoms with Crippen molar-refractivity contribution >= 4 is 0 Å². The largest absolute Gasteiger partial charge is 0.348 e.